The number of aromatic nitrogens is 5. The van der Waals surface area contributed by atoms with Gasteiger partial charge in [0.15, 0.2) is 0 Å². The van der Waals surface area contributed by atoms with E-state index in [9.17, 15) is 0 Å². The number of nitrogens with one attached hydrogen (secondary N) is 1. The Kier molecular flexibility index (Phi) is 7.10. The summed E-state index contributed by atoms with van der Waals surface area (Å²) in [5.41, 5.74) is 4.45. The summed E-state index contributed by atoms with van der Waals surface area (Å²) in [7, 11) is 0. The summed E-state index contributed by atoms with van der Waals surface area (Å²) >= 11 is 0. The summed E-state index contributed by atoms with van der Waals surface area (Å²) in [5.74, 6) is 2.14. The molecule has 0 bridgehead atoms. The molecule has 2 aromatic carbocycles. The largest absolute Gasteiger partial charge is 0.371 e. The lowest BCUT2D eigenvalue weighted by atomic mass is 9.77. The van der Waals surface area contributed by atoms with Crippen molar-refractivity contribution in [1.82, 2.24) is 24.7 Å². The van der Waals surface area contributed by atoms with E-state index in [4.69, 9.17) is 4.98 Å². The molecule has 1 saturated carbocycles. The van der Waals surface area contributed by atoms with Crippen LogP contribution in [0.5, 0.6) is 0 Å². The zero-order valence-electron chi connectivity index (χ0n) is 21.3. The van der Waals surface area contributed by atoms with Crippen molar-refractivity contribution >= 4 is 11.6 Å². The summed E-state index contributed by atoms with van der Waals surface area (Å²) in [6, 6.07) is 21.5. The van der Waals surface area contributed by atoms with Crippen LogP contribution in [0.15, 0.2) is 79.5 Å². The fraction of sp³-hybridized carbons (Fsp3) is 0.400. The van der Waals surface area contributed by atoms with Gasteiger partial charge in [-0.25, -0.2) is 19.6 Å². The van der Waals surface area contributed by atoms with Crippen LogP contribution in [0.4, 0.5) is 11.6 Å². The summed E-state index contributed by atoms with van der Waals surface area (Å²) in [5, 5.41) is 7.98. The minimum atomic E-state index is 0.442. The van der Waals surface area contributed by atoms with E-state index in [1.807, 2.05) is 18.3 Å². The van der Waals surface area contributed by atoms with E-state index in [2.05, 4.69) is 73.8 Å². The van der Waals surface area contributed by atoms with Gasteiger partial charge in [0.2, 0.25) is 5.95 Å². The third-order valence-corrected chi connectivity index (χ3v) is 8.00. The normalized spacial score (nSPS) is 22.1. The molecule has 0 spiro atoms. The highest BCUT2D eigenvalue weighted by Crippen LogP contribution is 2.35. The molecule has 3 heterocycles. The van der Waals surface area contributed by atoms with Crippen LogP contribution in [0.25, 0.3) is 16.9 Å². The molecule has 1 N–H and O–H groups in total. The molecular formula is C30H35N7. The van der Waals surface area contributed by atoms with E-state index in [0.29, 0.717) is 17.9 Å². The Balaban J connectivity index is 1.10. The lowest BCUT2D eigenvalue weighted by Gasteiger charge is -2.39. The standard InChI is InChI=1S/C30H35N7/c1-2-8-24(9-3-1)29-16-17-32-30(35-29)34-28-11-5-4-10-25(28)19-23-7-6-18-36(20-23)26-12-14-27(15-13-26)37-22-31-21-33-37/h1-3,8-9,12-17,21-23,25,28H,4-7,10-11,18-20H2,(H,32,34,35)/t23-,25+,28-/m1/s1. The molecule has 0 radical (unpaired) electrons. The number of rotatable bonds is 7. The Morgan fingerprint density at radius 2 is 1.70 bits per heavy atom. The smallest absolute Gasteiger partial charge is 0.223 e. The van der Waals surface area contributed by atoms with Gasteiger partial charge in [0.1, 0.15) is 12.7 Å². The highest BCUT2D eigenvalue weighted by molar-refractivity contribution is 5.59. The molecule has 0 unspecified atom stereocenters. The van der Waals surface area contributed by atoms with Crippen LogP contribution in [0.3, 0.4) is 0 Å². The van der Waals surface area contributed by atoms with Crippen LogP contribution in [0.1, 0.15) is 44.9 Å². The number of hydrogen-bond acceptors (Lipinski definition) is 6. The minimum Gasteiger partial charge on any atom is -0.371 e. The summed E-state index contributed by atoms with van der Waals surface area (Å²) in [6.45, 7) is 2.26. The molecule has 2 aromatic heterocycles. The molecule has 7 nitrogen and oxygen atoms in total. The lowest BCUT2D eigenvalue weighted by Crippen LogP contribution is -2.39. The Labute approximate surface area is 219 Å². The molecule has 190 valence electrons. The molecule has 37 heavy (non-hydrogen) atoms. The Bertz CT molecular complexity index is 1260. The SMILES string of the molecule is c1ccc(-c2ccnc(N[C@@H]3CCCC[C@H]3C[C@H]3CCCN(c4ccc(-n5cncn5)cc4)C3)n2)cc1. The van der Waals surface area contributed by atoms with Crippen LogP contribution in [-0.2, 0) is 0 Å². The Morgan fingerprint density at radius 1 is 0.865 bits per heavy atom. The molecule has 3 atom stereocenters. The van der Waals surface area contributed by atoms with Gasteiger partial charge in [-0.2, -0.15) is 5.10 Å². The van der Waals surface area contributed by atoms with Crippen LogP contribution >= 0.6 is 0 Å². The van der Waals surface area contributed by atoms with Gasteiger partial charge in [0.05, 0.1) is 11.4 Å². The second-order valence-electron chi connectivity index (χ2n) is 10.5. The molecule has 1 aliphatic carbocycles. The van der Waals surface area contributed by atoms with E-state index < -0.39 is 0 Å². The van der Waals surface area contributed by atoms with Gasteiger partial charge in [-0.15, -0.1) is 0 Å². The van der Waals surface area contributed by atoms with Gasteiger partial charge < -0.3 is 10.2 Å². The van der Waals surface area contributed by atoms with Crippen molar-refractivity contribution in [2.75, 3.05) is 23.3 Å². The van der Waals surface area contributed by atoms with Gasteiger partial charge in [-0.05, 0) is 74.3 Å². The number of benzene rings is 2. The monoisotopic (exact) mass is 493 g/mol. The van der Waals surface area contributed by atoms with Crippen LogP contribution < -0.4 is 10.2 Å². The molecule has 1 saturated heterocycles. The molecular weight excluding hydrogens is 458 g/mol. The second-order valence-corrected chi connectivity index (χ2v) is 10.5. The van der Waals surface area contributed by atoms with E-state index in [-0.39, 0.29) is 0 Å². The number of nitrogens with zero attached hydrogens (tertiary/aromatic N) is 6. The highest BCUT2D eigenvalue weighted by atomic mass is 15.3. The summed E-state index contributed by atoms with van der Waals surface area (Å²) in [4.78, 5) is 16.1. The van der Waals surface area contributed by atoms with Crippen molar-refractivity contribution in [3.8, 4) is 16.9 Å². The van der Waals surface area contributed by atoms with Gasteiger partial charge in [-0.3, -0.25) is 0 Å². The number of hydrogen-bond donors (Lipinski definition) is 1. The zero-order valence-corrected chi connectivity index (χ0v) is 21.3. The van der Waals surface area contributed by atoms with Gasteiger partial charge >= 0.3 is 0 Å². The predicted molar refractivity (Wildman–Crippen MR) is 148 cm³/mol. The molecule has 7 heteroatoms. The van der Waals surface area contributed by atoms with Crippen molar-refractivity contribution in [1.29, 1.82) is 0 Å². The Hall–Kier alpha value is -3.74. The van der Waals surface area contributed by atoms with Crippen molar-refractivity contribution < 1.29 is 0 Å². The first kappa shape index (κ1) is 23.6. The minimum absolute atomic E-state index is 0.442. The van der Waals surface area contributed by atoms with E-state index in [1.54, 1.807) is 17.3 Å². The number of piperidine rings is 1. The molecule has 4 aromatic rings. The van der Waals surface area contributed by atoms with Crippen LogP contribution in [0.2, 0.25) is 0 Å². The van der Waals surface area contributed by atoms with Gasteiger partial charge in [-0.1, -0.05) is 43.2 Å². The summed E-state index contributed by atoms with van der Waals surface area (Å²) < 4.78 is 1.80. The maximum absolute atomic E-state index is 4.86. The first-order chi connectivity index (χ1) is 18.3. The maximum atomic E-state index is 4.86. The zero-order chi connectivity index (χ0) is 24.9. The van der Waals surface area contributed by atoms with Crippen molar-refractivity contribution in [2.24, 2.45) is 11.8 Å². The topological polar surface area (TPSA) is 71.8 Å². The van der Waals surface area contributed by atoms with Gasteiger partial charge in [0, 0.05) is 36.6 Å². The van der Waals surface area contributed by atoms with E-state index in [0.717, 1.165) is 36.0 Å². The first-order valence-corrected chi connectivity index (χ1v) is 13.7. The Morgan fingerprint density at radius 3 is 2.54 bits per heavy atom. The second kappa shape index (κ2) is 11.1. The van der Waals surface area contributed by atoms with Crippen LogP contribution in [0, 0.1) is 11.8 Å². The number of anilines is 2. The third kappa shape index (κ3) is 5.66. The summed E-state index contributed by atoms with van der Waals surface area (Å²) in [6.07, 6.45) is 14.1. The quantitative estimate of drug-likeness (QED) is 0.340. The molecule has 2 aliphatic rings. The average Bonchev–Trinajstić information content (AvgIpc) is 3.50. The van der Waals surface area contributed by atoms with Gasteiger partial charge in [0.25, 0.3) is 0 Å². The predicted octanol–water partition coefficient (Wildman–Crippen LogP) is 6.00. The molecule has 2 fully saturated rings. The van der Waals surface area contributed by atoms with Crippen molar-refractivity contribution in [3.63, 3.8) is 0 Å². The molecule has 0 amide bonds. The molecule has 6 rings (SSSR count). The van der Waals surface area contributed by atoms with E-state index in [1.165, 1.54) is 50.6 Å². The average molecular weight is 494 g/mol. The van der Waals surface area contributed by atoms with Crippen molar-refractivity contribution in [2.45, 2.75) is 51.0 Å². The maximum Gasteiger partial charge on any atom is 0.223 e. The first-order valence-electron chi connectivity index (χ1n) is 13.7. The van der Waals surface area contributed by atoms with E-state index >= 15 is 0 Å². The third-order valence-electron chi connectivity index (χ3n) is 8.00. The van der Waals surface area contributed by atoms with Crippen molar-refractivity contribution in [3.05, 3.63) is 79.5 Å². The lowest BCUT2D eigenvalue weighted by molar-refractivity contribution is 0.247. The fourth-order valence-corrected chi connectivity index (χ4v) is 6.12. The highest BCUT2D eigenvalue weighted by Gasteiger charge is 2.30. The molecule has 1 aliphatic heterocycles. The fourth-order valence-electron chi connectivity index (χ4n) is 6.12. The van der Waals surface area contributed by atoms with Crippen LogP contribution in [-0.4, -0.2) is 43.9 Å².